The summed E-state index contributed by atoms with van der Waals surface area (Å²) in [7, 11) is 0. The largest absolute Gasteiger partial charge is 0.144 e. The molecule has 0 spiro atoms. The number of benzene rings is 1. The first-order valence-electron chi connectivity index (χ1n) is 3.42. The fourth-order valence-corrected chi connectivity index (χ4v) is 2.10. The second-order valence-corrected chi connectivity index (χ2v) is 3.64. The van der Waals surface area contributed by atoms with Gasteiger partial charge in [-0.25, -0.2) is 0 Å². The Morgan fingerprint density at radius 1 is 1.27 bits per heavy atom. The number of hydrogen-bond donors (Lipinski definition) is 0. The summed E-state index contributed by atoms with van der Waals surface area (Å²) < 4.78 is 1.32. The highest BCUT2D eigenvalue weighted by molar-refractivity contribution is 7.17. The molecule has 2 rings (SSSR count). The third-order valence-corrected chi connectivity index (χ3v) is 2.86. The van der Waals surface area contributed by atoms with E-state index in [4.69, 9.17) is 11.6 Å². The molecule has 0 unspecified atom stereocenters. The highest BCUT2D eigenvalue weighted by Crippen LogP contribution is 2.22. The topological polar surface area (TPSA) is 0 Å². The summed E-state index contributed by atoms with van der Waals surface area (Å²) in [5.74, 6) is 0.605. The molecule has 56 valence electrons. The average molecular weight is 183 g/mol. The summed E-state index contributed by atoms with van der Waals surface area (Å²) in [5.41, 5.74) is 1.20. The maximum absolute atomic E-state index is 5.70. The molecular formula is C9H7ClS. The van der Waals surface area contributed by atoms with E-state index >= 15 is 0 Å². The van der Waals surface area contributed by atoms with Crippen molar-refractivity contribution in [1.82, 2.24) is 0 Å². The molecule has 0 aliphatic carbocycles. The molecular weight excluding hydrogens is 176 g/mol. The van der Waals surface area contributed by atoms with Crippen molar-refractivity contribution in [2.45, 2.75) is 5.88 Å². The molecule has 1 aromatic heterocycles. The van der Waals surface area contributed by atoms with E-state index in [1.54, 1.807) is 11.3 Å². The van der Waals surface area contributed by atoms with E-state index in [9.17, 15) is 0 Å². The van der Waals surface area contributed by atoms with Gasteiger partial charge in [0.25, 0.3) is 0 Å². The molecule has 0 aliphatic rings. The molecule has 0 nitrogen and oxygen atoms in total. The Labute approximate surface area is 74.4 Å². The van der Waals surface area contributed by atoms with E-state index < -0.39 is 0 Å². The Balaban J connectivity index is 2.67. The van der Waals surface area contributed by atoms with E-state index in [1.165, 1.54) is 15.6 Å². The lowest BCUT2D eigenvalue weighted by molar-refractivity contribution is 1.43. The monoisotopic (exact) mass is 182 g/mol. The summed E-state index contributed by atoms with van der Waals surface area (Å²) >= 11 is 7.46. The molecule has 1 heterocycles. The molecule has 0 bridgehead atoms. The molecule has 2 heteroatoms. The van der Waals surface area contributed by atoms with Gasteiger partial charge in [0.2, 0.25) is 0 Å². The highest BCUT2D eigenvalue weighted by atomic mass is 35.5. The zero-order valence-electron chi connectivity index (χ0n) is 5.88. The van der Waals surface area contributed by atoms with E-state index in [0.717, 1.165) is 0 Å². The number of hydrogen-bond acceptors (Lipinski definition) is 1. The van der Waals surface area contributed by atoms with Crippen LogP contribution in [0.3, 0.4) is 0 Å². The van der Waals surface area contributed by atoms with E-state index in [2.05, 4.69) is 29.6 Å². The quantitative estimate of drug-likeness (QED) is 0.591. The van der Waals surface area contributed by atoms with Crippen LogP contribution >= 0.6 is 22.9 Å². The van der Waals surface area contributed by atoms with Crippen LogP contribution in [0, 0.1) is 0 Å². The summed E-state index contributed by atoms with van der Waals surface area (Å²) in [4.78, 5) is 0. The van der Waals surface area contributed by atoms with Gasteiger partial charge in [-0.1, -0.05) is 12.1 Å². The lowest BCUT2D eigenvalue weighted by Gasteiger charge is -1.93. The van der Waals surface area contributed by atoms with Gasteiger partial charge < -0.3 is 0 Å². The third-order valence-electron chi connectivity index (χ3n) is 1.67. The Hall–Kier alpha value is -0.530. The van der Waals surface area contributed by atoms with Crippen LogP contribution in [0.2, 0.25) is 0 Å². The minimum atomic E-state index is 0.605. The van der Waals surface area contributed by atoms with Gasteiger partial charge in [0.1, 0.15) is 0 Å². The fourth-order valence-electron chi connectivity index (χ4n) is 1.08. The van der Waals surface area contributed by atoms with Gasteiger partial charge in [-0.15, -0.1) is 22.9 Å². The minimum Gasteiger partial charge on any atom is -0.144 e. The molecule has 1 aromatic carbocycles. The summed E-state index contributed by atoms with van der Waals surface area (Å²) in [6.45, 7) is 0. The van der Waals surface area contributed by atoms with Gasteiger partial charge in [-0.3, -0.25) is 0 Å². The first-order valence-corrected chi connectivity index (χ1v) is 4.83. The molecule has 0 radical (unpaired) electrons. The van der Waals surface area contributed by atoms with Gasteiger partial charge in [0.05, 0.1) is 0 Å². The van der Waals surface area contributed by atoms with E-state index in [-0.39, 0.29) is 0 Å². The van der Waals surface area contributed by atoms with Crippen molar-refractivity contribution in [3.8, 4) is 0 Å². The molecule has 2 aromatic rings. The van der Waals surface area contributed by atoms with E-state index in [0.29, 0.717) is 5.88 Å². The zero-order valence-corrected chi connectivity index (χ0v) is 7.45. The van der Waals surface area contributed by atoms with Crippen LogP contribution in [0.4, 0.5) is 0 Å². The smallest absolute Gasteiger partial charge is 0.0474 e. The standard InChI is InChI=1S/C9H7ClS/c10-6-7-1-2-8-3-4-11-9(8)5-7/h1-5H,6H2. The molecule has 0 amide bonds. The Kier molecular flexibility index (Phi) is 1.84. The number of thiophene rings is 1. The Morgan fingerprint density at radius 2 is 2.18 bits per heavy atom. The third kappa shape index (κ3) is 1.26. The summed E-state index contributed by atoms with van der Waals surface area (Å²) in [6.07, 6.45) is 0. The van der Waals surface area contributed by atoms with Gasteiger partial charge in [0, 0.05) is 10.6 Å². The van der Waals surface area contributed by atoms with Crippen LogP contribution < -0.4 is 0 Å². The fraction of sp³-hybridized carbons (Fsp3) is 0.111. The Morgan fingerprint density at radius 3 is 3.00 bits per heavy atom. The zero-order chi connectivity index (χ0) is 7.68. The normalized spacial score (nSPS) is 10.6. The van der Waals surface area contributed by atoms with Crippen molar-refractivity contribution in [3.63, 3.8) is 0 Å². The van der Waals surface area contributed by atoms with Gasteiger partial charge >= 0.3 is 0 Å². The lowest BCUT2D eigenvalue weighted by atomic mass is 10.2. The van der Waals surface area contributed by atoms with Crippen molar-refractivity contribution in [2.24, 2.45) is 0 Å². The first-order chi connectivity index (χ1) is 5.40. The maximum Gasteiger partial charge on any atom is 0.0474 e. The number of halogens is 1. The van der Waals surface area contributed by atoms with Crippen molar-refractivity contribution < 1.29 is 0 Å². The Bertz CT molecular complexity index is 364. The molecule has 0 saturated carbocycles. The molecule has 0 aliphatic heterocycles. The van der Waals surface area contributed by atoms with Crippen LogP contribution in [0.1, 0.15) is 5.56 Å². The second kappa shape index (κ2) is 2.84. The number of alkyl halides is 1. The van der Waals surface area contributed by atoms with Gasteiger partial charge in [-0.05, 0) is 28.5 Å². The molecule has 0 N–H and O–H groups in total. The van der Waals surface area contributed by atoms with Crippen molar-refractivity contribution >= 4 is 33.0 Å². The van der Waals surface area contributed by atoms with E-state index in [1.807, 2.05) is 0 Å². The SMILES string of the molecule is ClCc1ccc2ccsc2c1. The maximum atomic E-state index is 5.70. The number of rotatable bonds is 1. The minimum absolute atomic E-state index is 0.605. The van der Waals surface area contributed by atoms with Crippen molar-refractivity contribution in [1.29, 1.82) is 0 Å². The van der Waals surface area contributed by atoms with Crippen LogP contribution in [0.15, 0.2) is 29.6 Å². The van der Waals surface area contributed by atoms with Crippen molar-refractivity contribution in [2.75, 3.05) is 0 Å². The number of fused-ring (bicyclic) bond motifs is 1. The van der Waals surface area contributed by atoms with Gasteiger partial charge in [-0.2, -0.15) is 0 Å². The summed E-state index contributed by atoms with van der Waals surface area (Å²) in [6, 6.07) is 8.45. The van der Waals surface area contributed by atoms with Crippen LogP contribution in [0.5, 0.6) is 0 Å². The second-order valence-electron chi connectivity index (χ2n) is 2.43. The lowest BCUT2D eigenvalue weighted by Crippen LogP contribution is -1.73. The highest BCUT2D eigenvalue weighted by Gasteiger charge is 1.95. The predicted octanol–water partition coefficient (Wildman–Crippen LogP) is 3.64. The average Bonchev–Trinajstić information content (AvgIpc) is 2.50. The first kappa shape index (κ1) is 7.14. The molecule has 0 atom stereocenters. The molecule has 11 heavy (non-hydrogen) atoms. The predicted molar refractivity (Wildman–Crippen MR) is 51.4 cm³/mol. The van der Waals surface area contributed by atoms with Crippen molar-refractivity contribution in [3.05, 3.63) is 35.2 Å². The molecule has 0 fully saturated rings. The van der Waals surface area contributed by atoms with Crippen LogP contribution in [-0.2, 0) is 5.88 Å². The molecule has 0 saturated heterocycles. The van der Waals surface area contributed by atoms with Gasteiger partial charge in [0.15, 0.2) is 0 Å². The van der Waals surface area contributed by atoms with Crippen LogP contribution in [0.25, 0.3) is 10.1 Å². The van der Waals surface area contributed by atoms with Crippen LogP contribution in [-0.4, -0.2) is 0 Å². The summed E-state index contributed by atoms with van der Waals surface area (Å²) in [5, 5.41) is 3.41.